The van der Waals surface area contributed by atoms with Crippen LogP contribution >= 0.6 is 0 Å². The van der Waals surface area contributed by atoms with Gasteiger partial charge in [-0.05, 0) is 30.5 Å². The molecule has 0 unspecified atom stereocenters. The zero-order chi connectivity index (χ0) is 16.3. The van der Waals surface area contributed by atoms with Gasteiger partial charge in [-0.15, -0.1) is 0 Å². The maximum Gasteiger partial charge on any atom is 0.248 e. The van der Waals surface area contributed by atoms with Gasteiger partial charge in [-0.2, -0.15) is 0 Å². The van der Waals surface area contributed by atoms with Gasteiger partial charge < -0.3 is 14.4 Å². The Labute approximate surface area is 131 Å². The Bertz CT molecular complexity index is 552. The highest BCUT2D eigenvalue weighted by Crippen LogP contribution is 2.24. The van der Waals surface area contributed by atoms with Gasteiger partial charge in [0, 0.05) is 6.54 Å². The first-order valence-corrected chi connectivity index (χ1v) is 7.53. The number of carbonyl (C=O) groups excluding carboxylic acids is 1. The summed E-state index contributed by atoms with van der Waals surface area (Å²) in [5, 5.41) is 0. The molecule has 0 radical (unpaired) electrons. The summed E-state index contributed by atoms with van der Waals surface area (Å²) in [6.45, 7) is 6.49. The third-order valence-electron chi connectivity index (χ3n) is 3.90. The van der Waals surface area contributed by atoms with E-state index in [-0.39, 0.29) is 17.9 Å². The maximum atomic E-state index is 12.6. The standard InChI is InChI=1S/C17H24N2O3/c1-11(2)15-16(22-5)18-12(3)17(20)19(15)10-13-6-8-14(21-4)9-7-13/h6-9,11-12,15H,10H2,1-5H3/t12-,15-/m0/s1. The highest BCUT2D eigenvalue weighted by atomic mass is 16.5. The van der Waals surface area contributed by atoms with E-state index in [2.05, 4.69) is 18.8 Å². The molecular formula is C17H24N2O3. The van der Waals surface area contributed by atoms with Gasteiger partial charge in [0.1, 0.15) is 17.8 Å². The lowest BCUT2D eigenvalue weighted by Gasteiger charge is -2.39. The quantitative estimate of drug-likeness (QED) is 0.859. The molecule has 0 aliphatic carbocycles. The first-order chi connectivity index (χ1) is 10.5. The molecular weight excluding hydrogens is 280 g/mol. The van der Waals surface area contributed by atoms with Gasteiger partial charge in [-0.1, -0.05) is 26.0 Å². The molecule has 5 nitrogen and oxygen atoms in total. The maximum absolute atomic E-state index is 12.6. The molecule has 120 valence electrons. The minimum absolute atomic E-state index is 0.0373. The number of hydrogen-bond acceptors (Lipinski definition) is 4. The van der Waals surface area contributed by atoms with Gasteiger partial charge in [-0.25, -0.2) is 4.99 Å². The fraction of sp³-hybridized carbons (Fsp3) is 0.529. The Balaban J connectivity index is 2.28. The number of rotatable bonds is 4. The normalized spacial score (nSPS) is 21.8. The zero-order valence-electron chi connectivity index (χ0n) is 13.9. The number of aliphatic imine (C=N–C) groups is 1. The summed E-state index contributed by atoms with van der Waals surface area (Å²) in [5.74, 6) is 1.71. The van der Waals surface area contributed by atoms with Crippen LogP contribution < -0.4 is 4.74 Å². The van der Waals surface area contributed by atoms with E-state index in [0.29, 0.717) is 12.4 Å². The largest absolute Gasteiger partial charge is 0.497 e. The van der Waals surface area contributed by atoms with E-state index in [1.165, 1.54) is 0 Å². The Morgan fingerprint density at radius 2 is 1.82 bits per heavy atom. The predicted molar refractivity (Wildman–Crippen MR) is 86.1 cm³/mol. The number of ether oxygens (including phenoxy) is 2. The lowest BCUT2D eigenvalue weighted by molar-refractivity contribution is -0.136. The molecule has 0 fully saturated rings. The van der Waals surface area contributed by atoms with Crippen molar-refractivity contribution in [2.45, 2.75) is 39.4 Å². The van der Waals surface area contributed by atoms with Crippen molar-refractivity contribution in [3.8, 4) is 5.75 Å². The van der Waals surface area contributed by atoms with Crippen molar-refractivity contribution in [3.05, 3.63) is 29.8 Å². The molecule has 1 aromatic rings. The molecule has 1 heterocycles. The number of hydrogen-bond donors (Lipinski definition) is 0. The van der Waals surface area contributed by atoms with Crippen molar-refractivity contribution in [1.29, 1.82) is 0 Å². The molecule has 1 aliphatic heterocycles. The molecule has 2 atom stereocenters. The van der Waals surface area contributed by atoms with Crippen LogP contribution in [0.1, 0.15) is 26.3 Å². The zero-order valence-corrected chi connectivity index (χ0v) is 13.9. The van der Waals surface area contributed by atoms with E-state index < -0.39 is 6.04 Å². The van der Waals surface area contributed by atoms with Gasteiger partial charge in [0.15, 0.2) is 0 Å². The summed E-state index contributed by atoms with van der Waals surface area (Å²) in [4.78, 5) is 18.8. The number of methoxy groups -OCH3 is 2. The fourth-order valence-corrected chi connectivity index (χ4v) is 2.76. The van der Waals surface area contributed by atoms with Crippen molar-refractivity contribution >= 4 is 11.8 Å². The average Bonchev–Trinajstić information content (AvgIpc) is 2.51. The molecule has 1 aromatic carbocycles. The first kappa shape index (κ1) is 16.3. The Morgan fingerprint density at radius 3 is 2.32 bits per heavy atom. The van der Waals surface area contributed by atoms with Crippen molar-refractivity contribution in [3.63, 3.8) is 0 Å². The summed E-state index contributed by atoms with van der Waals surface area (Å²) in [5.41, 5.74) is 1.06. The number of benzene rings is 1. The van der Waals surface area contributed by atoms with Crippen molar-refractivity contribution < 1.29 is 14.3 Å². The molecule has 1 aliphatic rings. The summed E-state index contributed by atoms with van der Waals surface area (Å²) < 4.78 is 10.6. The summed E-state index contributed by atoms with van der Waals surface area (Å²) in [6, 6.07) is 7.24. The minimum atomic E-state index is -0.400. The lowest BCUT2D eigenvalue weighted by atomic mass is 9.98. The van der Waals surface area contributed by atoms with Crippen LogP contribution in [0.3, 0.4) is 0 Å². The second-order valence-electron chi connectivity index (χ2n) is 5.85. The molecule has 0 N–H and O–H groups in total. The van der Waals surface area contributed by atoms with Gasteiger partial charge in [-0.3, -0.25) is 4.79 Å². The smallest absolute Gasteiger partial charge is 0.248 e. The summed E-state index contributed by atoms with van der Waals surface area (Å²) >= 11 is 0. The summed E-state index contributed by atoms with van der Waals surface area (Å²) in [6.07, 6.45) is 0. The topological polar surface area (TPSA) is 51.1 Å². The average molecular weight is 304 g/mol. The second-order valence-corrected chi connectivity index (χ2v) is 5.85. The van der Waals surface area contributed by atoms with Crippen LogP contribution in [0, 0.1) is 5.92 Å². The highest BCUT2D eigenvalue weighted by molar-refractivity contribution is 5.95. The SMILES string of the molecule is COC1=N[C@@H](C)C(=O)N(Cc2ccc(OC)cc2)[C@H]1C(C)C. The lowest BCUT2D eigenvalue weighted by Crippen LogP contribution is -2.54. The van der Waals surface area contributed by atoms with Gasteiger partial charge >= 0.3 is 0 Å². The molecule has 1 amide bonds. The van der Waals surface area contributed by atoms with Crippen molar-refractivity contribution in [1.82, 2.24) is 4.90 Å². The third kappa shape index (κ3) is 3.24. The van der Waals surface area contributed by atoms with E-state index >= 15 is 0 Å². The second kappa shape index (κ2) is 6.81. The fourth-order valence-electron chi connectivity index (χ4n) is 2.76. The monoisotopic (exact) mass is 304 g/mol. The minimum Gasteiger partial charge on any atom is -0.497 e. The van der Waals surface area contributed by atoms with Crippen molar-refractivity contribution in [2.75, 3.05) is 14.2 Å². The number of nitrogens with zero attached hydrogens (tertiary/aromatic N) is 2. The summed E-state index contributed by atoms with van der Waals surface area (Å²) in [7, 11) is 3.25. The molecule has 22 heavy (non-hydrogen) atoms. The highest BCUT2D eigenvalue weighted by Gasteiger charge is 2.38. The van der Waals surface area contributed by atoms with E-state index in [4.69, 9.17) is 9.47 Å². The van der Waals surface area contributed by atoms with Crippen LogP contribution in [0.25, 0.3) is 0 Å². The molecule has 0 saturated heterocycles. The Hall–Kier alpha value is -2.04. The van der Waals surface area contributed by atoms with E-state index in [0.717, 1.165) is 11.3 Å². The third-order valence-corrected chi connectivity index (χ3v) is 3.90. The molecule has 0 bridgehead atoms. The van der Waals surface area contributed by atoms with Crippen LogP contribution in [0.2, 0.25) is 0 Å². The first-order valence-electron chi connectivity index (χ1n) is 7.53. The molecule has 2 rings (SSSR count). The van der Waals surface area contributed by atoms with E-state index in [9.17, 15) is 4.79 Å². The van der Waals surface area contributed by atoms with Crippen LogP contribution in [0.4, 0.5) is 0 Å². The van der Waals surface area contributed by atoms with Gasteiger partial charge in [0.25, 0.3) is 0 Å². The van der Waals surface area contributed by atoms with Crippen molar-refractivity contribution in [2.24, 2.45) is 10.9 Å². The van der Waals surface area contributed by atoms with E-state index in [1.54, 1.807) is 21.1 Å². The Kier molecular flexibility index (Phi) is 5.06. The molecule has 0 aromatic heterocycles. The molecule has 0 spiro atoms. The van der Waals surface area contributed by atoms with Gasteiger partial charge in [0.2, 0.25) is 11.8 Å². The van der Waals surface area contributed by atoms with Crippen LogP contribution in [0.5, 0.6) is 5.75 Å². The predicted octanol–water partition coefficient (Wildman–Crippen LogP) is 2.50. The molecule has 5 heteroatoms. The van der Waals surface area contributed by atoms with Crippen LogP contribution in [-0.4, -0.2) is 43.0 Å². The molecule has 0 saturated carbocycles. The Morgan fingerprint density at radius 1 is 1.18 bits per heavy atom. The number of carbonyl (C=O) groups is 1. The van der Waals surface area contributed by atoms with Gasteiger partial charge in [0.05, 0.1) is 14.2 Å². The van der Waals surface area contributed by atoms with Crippen LogP contribution in [-0.2, 0) is 16.1 Å². The van der Waals surface area contributed by atoms with E-state index in [1.807, 2.05) is 29.2 Å². The van der Waals surface area contributed by atoms with Crippen LogP contribution in [0.15, 0.2) is 29.3 Å². The number of amides is 1.